The molecule has 2 aliphatic heterocycles. The van der Waals surface area contributed by atoms with Crippen LogP contribution in [0.3, 0.4) is 0 Å². The van der Waals surface area contributed by atoms with E-state index in [1.807, 2.05) is 17.2 Å². The quantitative estimate of drug-likeness (QED) is 0.858. The molecule has 0 N–H and O–H groups in total. The van der Waals surface area contributed by atoms with E-state index < -0.39 is 0 Å². The minimum atomic E-state index is 0.0284. The number of amides is 1. The molecule has 2 heterocycles. The van der Waals surface area contributed by atoms with E-state index in [1.54, 1.807) is 13.2 Å². The molecule has 0 aromatic heterocycles. The van der Waals surface area contributed by atoms with Gasteiger partial charge < -0.3 is 14.4 Å². The van der Waals surface area contributed by atoms with Gasteiger partial charge in [0.05, 0.1) is 31.0 Å². The van der Waals surface area contributed by atoms with Crippen molar-refractivity contribution in [2.45, 2.75) is 39.7 Å². The third kappa shape index (κ3) is 3.19. The summed E-state index contributed by atoms with van der Waals surface area (Å²) in [7, 11) is 1.59. The normalized spacial score (nSPS) is 20.1. The molecule has 3 rings (SSSR count). The lowest BCUT2D eigenvalue weighted by Crippen LogP contribution is -2.35. The van der Waals surface area contributed by atoms with Crippen LogP contribution in [-0.4, -0.2) is 43.3 Å². The largest absolute Gasteiger partial charge is 0.493 e. The van der Waals surface area contributed by atoms with E-state index in [-0.39, 0.29) is 17.4 Å². The van der Waals surface area contributed by atoms with Crippen molar-refractivity contribution in [2.75, 3.05) is 20.3 Å². The second-order valence-corrected chi connectivity index (χ2v) is 7.36. The highest BCUT2D eigenvalue weighted by Gasteiger charge is 2.32. The third-order valence-electron chi connectivity index (χ3n) is 4.12. The number of nitrogens with zero attached hydrogens (tertiary/aromatic N) is 2. The SMILES string of the molecule is COc1cc2c(cc1OCC(C)(C)C)N=CC1CCCN1C2=O. The first-order valence-corrected chi connectivity index (χ1v) is 8.09. The molecule has 1 amide bonds. The Bertz CT molecular complexity index is 646. The molecule has 1 fully saturated rings. The average molecular weight is 316 g/mol. The van der Waals surface area contributed by atoms with Crippen LogP contribution in [0.25, 0.3) is 0 Å². The Kier molecular flexibility index (Phi) is 4.04. The second-order valence-electron chi connectivity index (χ2n) is 7.36. The summed E-state index contributed by atoms with van der Waals surface area (Å²) in [6.45, 7) is 7.69. The van der Waals surface area contributed by atoms with Crippen molar-refractivity contribution in [1.82, 2.24) is 4.90 Å². The van der Waals surface area contributed by atoms with Gasteiger partial charge in [0.1, 0.15) is 0 Å². The second kappa shape index (κ2) is 5.87. The number of hydrogen-bond acceptors (Lipinski definition) is 4. The van der Waals surface area contributed by atoms with Crippen LogP contribution >= 0.6 is 0 Å². The summed E-state index contributed by atoms with van der Waals surface area (Å²) in [5.41, 5.74) is 1.29. The zero-order valence-corrected chi connectivity index (χ0v) is 14.3. The molecule has 0 spiro atoms. The van der Waals surface area contributed by atoms with Crippen LogP contribution in [0.15, 0.2) is 17.1 Å². The van der Waals surface area contributed by atoms with Crippen LogP contribution in [0.5, 0.6) is 11.5 Å². The Hall–Kier alpha value is -2.04. The zero-order chi connectivity index (χ0) is 16.6. The first kappa shape index (κ1) is 15.8. The molecule has 124 valence electrons. The molecule has 5 heteroatoms. The first-order valence-electron chi connectivity index (χ1n) is 8.09. The van der Waals surface area contributed by atoms with Crippen molar-refractivity contribution in [3.8, 4) is 11.5 Å². The number of aliphatic imine (C=N–C) groups is 1. The molecule has 1 aromatic rings. The predicted molar refractivity (Wildman–Crippen MR) is 90.2 cm³/mol. The zero-order valence-electron chi connectivity index (χ0n) is 14.3. The molecule has 1 atom stereocenters. The lowest BCUT2D eigenvalue weighted by atomic mass is 9.99. The molecule has 1 unspecified atom stereocenters. The van der Waals surface area contributed by atoms with Gasteiger partial charge in [-0.25, -0.2) is 0 Å². The Morgan fingerprint density at radius 2 is 2.09 bits per heavy atom. The predicted octanol–water partition coefficient (Wildman–Crippen LogP) is 3.44. The highest BCUT2D eigenvalue weighted by Crippen LogP contribution is 2.38. The molecule has 1 saturated heterocycles. The van der Waals surface area contributed by atoms with E-state index >= 15 is 0 Å². The van der Waals surface area contributed by atoms with Crippen molar-refractivity contribution in [2.24, 2.45) is 10.4 Å². The van der Waals surface area contributed by atoms with E-state index in [9.17, 15) is 4.79 Å². The molecule has 5 nitrogen and oxygen atoms in total. The summed E-state index contributed by atoms with van der Waals surface area (Å²) in [4.78, 5) is 19.2. The minimum Gasteiger partial charge on any atom is -0.493 e. The Morgan fingerprint density at radius 1 is 1.30 bits per heavy atom. The number of benzene rings is 1. The van der Waals surface area contributed by atoms with E-state index in [4.69, 9.17) is 9.47 Å². The van der Waals surface area contributed by atoms with Crippen molar-refractivity contribution < 1.29 is 14.3 Å². The van der Waals surface area contributed by atoms with Crippen molar-refractivity contribution in [1.29, 1.82) is 0 Å². The van der Waals surface area contributed by atoms with Gasteiger partial charge >= 0.3 is 0 Å². The first-order chi connectivity index (χ1) is 10.9. The summed E-state index contributed by atoms with van der Waals surface area (Å²) in [5, 5.41) is 0. The number of hydrogen-bond donors (Lipinski definition) is 0. The summed E-state index contributed by atoms with van der Waals surface area (Å²) in [6.07, 6.45) is 3.90. The molecule has 2 aliphatic rings. The number of carbonyl (C=O) groups excluding carboxylic acids is 1. The molecule has 0 saturated carbocycles. The highest BCUT2D eigenvalue weighted by atomic mass is 16.5. The number of fused-ring (bicyclic) bond motifs is 2. The lowest BCUT2D eigenvalue weighted by Gasteiger charge is -2.22. The maximum atomic E-state index is 12.8. The van der Waals surface area contributed by atoms with Gasteiger partial charge in [0.2, 0.25) is 0 Å². The third-order valence-corrected chi connectivity index (χ3v) is 4.12. The topological polar surface area (TPSA) is 51.1 Å². The molecule has 0 aliphatic carbocycles. The molecular formula is C18H24N2O3. The van der Waals surface area contributed by atoms with Crippen LogP contribution in [0.4, 0.5) is 5.69 Å². The number of ether oxygens (including phenoxy) is 2. The molecule has 1 aromatic carbocycles. The number of methoxy groups -OCH3 is 1. The van der Waals surface area contributed by atoms with Crippen molar-refractivity contribution in [3.63, 3.8) is 0 Å². The average Bonchev–Trinajstić information content (AvgIpc) is 2.93. The monoisotopic (exact) mass is 316 g/mol. The van der Waals surface area contributed by atoms with Gasteiger partial charge in [0.25, 0.3) is 5.91 Å². The molecule has 23 heavy (non-hydrogen) atoms. The van der Waals surface area contributed by atoms with Gasteiger partial charge in [-0.2, -0.15) is 0 Å². The molecule has 0 bridgehead atoms. The summed E-state index contributed by atoms with van der Waals surface area (Å²) < 4.78 is 11.3. The fourth-order valence-electron chi connectivity index (χ4n) is 2.91. The summed E-state index contributed by atoms with van der Waals surface area (Å²) in [5.74, 6) is 1.24. The standard InChI is InChI=1S/C18H24N2O3/c1-18(2,3)11-23-16-9-14-13(8-15(16)22-4)17(21)20-7-5-6-12(20)10-19-14/h8-10,12H,5-7,11H2,1-4H3. The summed E-state index contributed by atoms with van der Waals surface area (Å²) >= 11 is 0. The smallest absolute Gasteiger partial charge is 0.256 e. The number of rotatable bonds is 3. The Morgan fingerprint density at radius 3 is 2.78 bits per heavy atom. The van der Waals surface area contributed by atoms with E-state index in [2.05, 4.69) is 25.8 Å². The minimum absolute atomic E-state index is 0.0284. The van der Waals surface area contributed by atoms with Crippen molar-refractivity contribution >= 4 is 17.8 Å². The maximum Gasteiger partial charge on any atom is 0.256 e. The number of carbonyl (C=O) groups is 1. The van der Waals surface area contributed by atoms with Gasteiger partial charge in [-0.05, 0) is 24.3 Å². The van der Waals surface area contributed by atoms with Crippen molar-refractivity contribution in [3.05, 3.63) is 17.7 Å². The molecule has 0 radical (unpaired) electrons. The van der Waals surface area contributed by atoms with Crippen LogP contribution in [-0.2, 0) is 0 Å². The van der Waals surface area contributed by atoms with Gasteiger partial charge in [0.15, 0.2) is 11.5 Å². The highest BCUT2D eigenvalue weighted by molar-refractivity contribution is 6.03. The van der Waals surface area contributed by atoms with Crippen LogP contribution in [0.2, 0.25) is 0 Å². The van der Waals surface area contributed by atoms with Crippen LogP contribution in [0, 0.1) is 5.41 Å². The van der Waals surface area contributed by atoms with Crippen LogP contribution in [0.1, 0.15) is 44.0 Å². The Balaban J connectivity index is 1.97. The van der Waals surface area contributed by atoms with Gasteiger partial charge in [-0.1, -0.05) is 20.8 Å². The summed E-state index contributed by atoms with van der Waals surface area (Å²) in [6, 6.07) is 3.68. The Labute approximate surface area is 137 Å². The fourth-order valence-corrected chi connectivity index (χ4v) is 2.91. The van der Waals surface area contributed by atoms with E-state index in [0.29, 0.717) is 29.4 Å². The van der Waals surface area contributed by atoms with Gasteiger partial charge in [-0.3, -0.25) is 9.79 Å². The van der Waals surface area contributed by atoms with E-state index in [1.165, 1.54) is 0 Å². The maximum absolute atomic E-state index is 12.8. The lowest BCUT2D eigenvalue weighted by molar-refractivity contribution is 0.0774. The van der Waals surface area contributed by atoms with E-state index in [0.717, 1.165) is 19.4 Å². The van der Waals surface area contributed by atoms with Gasteiger partial charge in [0, 0.05) is 18.8 Å². The molecular weight excluding hydrogens is 292 g/mol. The van der Waals surface area contributed by atoms with Gasteiger partial charge in [-0.15, -0.1) is 0 Å². The van der Waals surface area contributed by atoms with Crippen LogP contribution < -0.4 is 9.47 Å². The fraction of sp³-hybridized carbons (Fsp3) is 0.556.